The van der Waals surface area contributed by atoms with Crippen LogP contribution in [0.5, 0.6) is 0 Å². The Balaban J connectivity index is 1.62. The molecular formula is C16H12N4O3S. The Bertz CT molecular complexity index is 882. The minimum Gasteiger partial charge on any atom is -0.478 e. The van der Waals surface area contributed by atoms with E-state index < -0.39 is 11.9 Å². The Morgan fingerprint density at radius 3 is 2.71 bits per heavy atom. The number of carbonyl (C=O) groups is 2. The van der Waals surface area contributed by atoms with Gasteiger partial charge >= 0.3 is 5.97 Å². The average Bonchev–Trinajstić information content (AvgIpc) is 3.26. The zero-order chi connectivity index (χ0) is 16.9. The number of aromatic nitrogens is 2. The van der Waals surface area contributed by atoms with Gasteiger partial charge < -0.3 is 5.11 Å². The van der Waals surface area contributed by atoms with Crippen molar-refractivity contribution >= 4 is 29.4 Å². The van der Waals surface area contributed by atoms with Gasteiger partial charge in [-0.05, 0) is 35.2 Å². The van der Waals surface area contributed by atoms with Gasteiger partial charge in [0.15, 0.2) is 5.69 Å². The maximum atomic E-state index is 12.0. The number of hydrogen-bond donors (Lipinski definition) is 3. The molecule has 7 nitrogen and oxygen atoms in total. The zero-order valence-electron chi connectivity index (χ0n) is 12.3. The maximum absolute atomic E-state index is 12.0. The summed E-state index contributed by atoms with van der Waals surface area (Å²) in [5, 5.41) is 21.4. The summed E-state index contributed by atoms with van der Waals surface area (Å²) in [4.78, 5) is 23.7. The van der Waals surface area contributed by atoms with Crippen LogP contribution in [-0.4, -0.2) is 33.4 Å². The molecule has 0 radical (unpaired) electrons. The van der Waals surface area contributed by atoms with E-state index in [0.29, 0.717) is 5.56 Å². The molecule has 0 unspecified atom stereocenters. The average molecular weight is 340 g/mol. The summed E-state index contributed by atoms with van der Waals surface area (Å²) in [7, 11) is 0. The third kappa shape index (κ3) is 3.55. The summed E-state index contributed by atoms with van der Waals surface area (Å²) >= 11 is 1.54. The van der Waals surface area contributed by atoms with Gasteiger partial charge in [0.1, 0.15) is 0 Å². The summed E-state index contributed by atoms with van der Waals surface area (Å²) in [6, 6.07) is 11.6. The van der Waals surface area contributed by atoms with Crippen molar-refractivity contribution in [3.63, 3.8) is 0 Å². The number of aromatic carboxylic acids is 1. The number of nitrogens with zero attached hydrogens (tertiary/aromatic N) is 2. The van der Waals surface area contributed by atoms with Crippen molar-refractivity contribution in [1.82, 2.24) is 15.6 Å². The summed E-state index contributed by atoms with van der Waals surface area (Å²) in [5.41, 5.74) is 4.24. The quantitative estimate of drug-likeness (QED) is 0.490. The molecule has 3 N–H and O–H groups in total. The van der Waals surface area contributed by atoms with E-state index in [2.05, 4.69) is 20.7 Å². The SMILES string of the molecule is O=C(O)c1ccc(C=NNC(=O)c2cc(-c3cccs3)[nH]n2)cc1. The third-order valence-corrected chi connectivity index (χ3v) is 4.04. The number of hydrazone groups is 1. The Hall–Kier alpha value is -3.26. The number of carboxylic acids is 1. The van der Waals surface area contributed by atoms with E-state index in [1.54, 1.807) is 29.5 Å². The molecule has 1 aromatic carbocycles. The molecule has 0 atom stereocenters. The molecule has 120 valence electrons. The van der Waals surface area contributed by atoms with Crippen molar-refractivity contribution in [1.29, 1.82) is 0 Å². The molecule has 2 heterocycles. The van der Waals surface area contributed by atoms with E-state index in [0.717, 1.165) is 10.6 Å². The molecule has 0 spiro atoms. The fourth-order valence-electron chi connectivity index (χ4n) is 1.93. The largest absolute Gasteiger partial charge is 0.478 e. The van der Waals surface area contributed by atoms with E-state index in [-0.39, 0.29) is 11.3 Å². The minimum atomic E-state index is -0.994. The summed E-state index contributed by atoms with van der Waals surface area (Å²) in [6.45, 7) is 0. The number of carboxylic acid groups (broad SMARTS) is 1. The summed E-state index contributed by atoms with van der Waals surface area (Å²) < 4.78 is 0. The number of H-pyrrole nitrogens is 1. The Kier molecular flexibility index (Phi) is 4.48. The monoisotopic (exact) mass is 340 g/mol. The van der Waals surface area contributed by atoms with Crippen LogP contribution in [0.15, 0.2) is 52.9 Å². The fraction of sp³-hybridized carbons (Fsp3) is 0. The van der Waals surface area contributed by atoms with E-state index in [4.69, 9.17) is 5.11 Å². The second-order valence-electron chi connectivity index (χ2n) is 4.77. The molecule has 0 saturated carbocycles. The van der Waals surface area contributed by atoms with Crippen LogP contribution in [0.25, 0.3) is 10.6 Å². The van der Waals surface area contributed by atoms with Gasteiger partial charge in [-0.3, -0.25) is 9.89 Å². The van der Waals surface area contributed by atoms with E-state index in [1.165, 1.54) is 18.3 Å². The first-order chi connectivity index (χ1) is 11.6. The second kappa shape index (κ2) is 6.88. The lowest BCUT2D eigenvalue weighted by atomic mass is 10.1. The van der Waals surface area contributed by atoms with Crippen molar-refractivity contribution in [2.45, 2.75) is 0 Å². The van der Waals surface area contributed by atoms with E-state index in [1.807, 2.05) is 17.5 Å². The molecule has 3 aromatic rings. The molecule has 2 aromatic heterocycles. The van der Waals surface area contributed by atoms with Gasteiger partial charge in [-0.25, -0.2) is 10.2 Å². The summed E-state index contributed by atoms with van der Waals surface area (Å²) in [6.07, 6.45) is 1.43. The number of amides is 1. The van der Waals surface area contributed by atoms with E-state index in [9.17, 15) is 9.59 Å². The van der Waals surface area contributed by atoms with Crippen molar-refractivity contribution in [3.05, 3.63) is 64.7 Å². The predicted octanol–water partition coefficient (Wildman–Crippen LogP) is 2.60. The highest BCUT2D eigenvalue weighted by atomic mass is 32.1. The highest BCUT2D eigenvalue weighted by Gasteiger charge is 2.11. The van der Waals surface area contributed by atoms with Gasteiger partial charge in [-0.15, -0.1) is 11.3 Å². The van der Waals surface area contributed by atoms with Crippen molar-refractivity contribution < 1.29 is 14.7 Å². The summed E-state index contributed by atoms with van der Waals surface area (Å²) in [5.74, 6) is -1.43. The van der Waals surface area contributed by atoms with Crippen LogP contribution in [0.1, 0.15) is 26.4 Å². The van der Waals surface area contributed by atoms with Crippen LogP contribution < -0.4 is 5.43 Å². The highest BCUT2D eigenvalue weighted by Crippen LogP contribution is 2.22. The molecule has 0 aliphatic carbocycles. The number of nitrogens with one attached hydrogen (secondary N) is 2. The van der Waals surface area contributed by atoms with E-state index >= 15 is 0 Å². The minimum absolute atomic E-state index is 0.189. The molecule has 8 heteroatoms. The normalized spacial score (nSPS) is 10.8. The van der Waals surface area contributed by atoms with Crippen LogP contribution in [0.3, 0.4) is 0 Å². The van der Waals surface area contributed by atoms with Gasteiger partial charge in [-0.2, -0.15) is 10.2 Å². The van der Waals surface area contributed by atoms with Crippen LogP contribution in [-0.2, 0) is 0 Å². The Morgan fingerprint density at radius 1 is 1.25 bits per heavy atom. The van der Waals surface area contributed by atoms with Gasteiger partial charge in [-0.1, -0.05) is 18.2 Å². The highest BCUT2D eigenvalue weighted by molar-refractivity contribution is 7.13. The lowest BCUT2D eigenvalue weighted by Crippen LogP contribution is -2.18. The first kappa shape index (κ1) is 15.6. The molecule has 0 saturated heterocycles. The number of hydrogen-bond acceptors (Lipinski definition) is 5. The van der Waals surface area contributed by atoms with Gasteiger partial charge in [0.25, 0.3) is 5.91 Å². The third-order valence-electron chi connectivity index (χ3n) is 3.13. The van der Waals surface area contributed by atoms with Gasteiger partial charge in [0, 0.05) is 0 Å². The Morgan fingerprint density at radius 2 is 2.04 bits per heavy atom. The molecule has 0 aliphatic heterocycles. The molecular weight excluding hydrogens is 328 g/mol. The van der Waals surface area contributed by atoms with Crippen LogP contribution in [0, 0.1) is 0 Å². The first-order valence-corrected chi connectivity index (χ1v) is 7.77. The van der Waals surface area contributed by atoms with Gasteiger partial charge in [0.2, 0.25) is 0 Å². The molecule has 0 aliphatic rings. The molecule has 0 bridgehead atoms. The number of benzene rings is 1. The standard InChI is InChI=1S/C16H12N4O3S/c21-15(13-8-12(18-19-13)14-2-1-7-24-14)20-17-9-10-3-5-11(6-4-10)16(22)23/h1-9H,(H,18,19)(H,20,21)(H,22,23). The van der Waals surface area contributed by atoms with Crippen LogP contribution in [0.2, 0.25) is 0 Å². The zero-order valence-corrected chi connectivity index (χ0v) is 13.1. The molecule has 3 rings (SSSR count). The molecule has 24 heavy (non-hydrogen) atoms. The number of carbonyl (C=O) groups excluding carboxylic acids is 1. The topological polar surface area (TPSA) is 107 Å². The first-order valence-electron chi connectivity index (χ1n) is 6.89. The van der Waals surface area contributed by atoms with Crippen LogP contribution in [0.4, 0.5) is 0 Å². The molecule has 1 amide bonds. The van der Waals surface area contributed by atoms with Gasteiger partial charge in [0.05, 0.1) is 22.3 Å². The lowest BCUT2D eigenvalue weighted by molar-refractivity contribution is 0.0696. The fourth-order valence-corrected chi connectivity index (χ4v) is 2.62. The smallest absolute Gasteiger partial charge is 0.335 e. The van der Waals surface area contributed by atoms with Crippen molar-refractivity contribution in [2.75, 3.05) is 0 Å². The molecule has 0 fully saturated rings. The van der Waals surface area contributed by atoms with Crippen LogP contribution >= 0.6 is 11.3 Å². The number of thiophene rings is 1. The Labute approximate surface area is 140 Å². The van der Waals surface area contributed by atoms with Crippen molar-refractivity contribution in [2.24, 2.45) is 5.10 Å². The van der Waals surface area contributed by atoms with Crippen molar-refractivity contribution in [3.8, 4) is 10.6 Å². The maximum Gasteiger partial charge on any atom is 0.335 e. The number of aromatic amines is 1. The lowest BCUT2D eigenvalue weighted by Gasteiger charge is -1.97. The number of rotatable bonds is 5. The second-order valence-corrected chi connectivity index (χ2v) is 5.72. The predicted molar refractivity (Wildman–Crippen MR) is 90.4 cm³/mol.